The van der Waals surface area contributed by atoms with Crippen LogP contribution >= 0.6 is 0 Å². The lowest BCUT2D eigenvalue weighted by Crippen LogP contribution is -2.58. The molecule has 0 saturated carbocycles. The first-order valence-electron chi connectivity index (χ1n) is 10.5. The summed E-state index contributed by atoms with van der Waals surface area (Å²) >= 11 is 0. The first-order chi connectivity index (χ1) is 16.2. The van der Waals surface area contributed by atoms with Crippen LogP contribution in [0.2, 0.25) is 0 Å². The average Bonchev–Trinajstić information content (AvgIpc) is 3.03. The zero-order chi connectivity index (χ0) is 24.3. The standard InChI is InChI=1S/C22H22F2N6O3S/c1-21(17-5-6-22(10-23,20(25)30-21)34(17,31)32)14-7-12(3-4-15(14)24)29-19-18-16(27-11-28-19)8-13(33-2)9-26-18/h3-4,7-9,11,17H,5-6,10H2,1-2H3,(H2,25,30)(H,27,28,29)/t17?,21-,22+/m1/s1. The Morgan fingerprint density at radius 3 is 2.79 bits per heavy atom. The SMILES string of the molecule is COc1cnc2c(Nc3ccc(F)c([C@@]4(C)N=C(N)[C@@]5(CF)CCC4S5(=O)=O)c3)ncnc2c1. The van der Waals surface area contributed by atoms with Crippen molar-refractivity contribution in [2.24, 2.45) is 10.7 Å². The Morgan fingerprint density at radius 1 is 1.26 bits per heavy atom. The zero-order valence-electron chi connectivity index (χ0n) is 18.4. The zero-order valence-corrected chi connectivity index (χ0v) is 19.2. The second-order valence-electron chi connectivity index (χ2n) is 8.63. The van der Waals surface area contributed by atoms with Crippen LogP contribution in [0, 0.1) is 5.82 Å². The molecule has 0 amide bonds. The molecule has 2 aliphatic rings. The summed E-state index contributed by atoms with van der Waals surface area (Å²) in [6.45, 7) is 0.367. The van der Waals surface area contributed by atoms with E-state index in [1.54, 1.807) is 6.07 Å². The fourth-order valence-corrected chi connectivity index (χ4v) is 7.56. The van der Waals surface area contributed by atoms with Gasteiger partial charge in [0.2, 0.25) is 0 Å². The lowest BCUT2D eigenvalue weighted by atomic mass is 9.86. The van der Waals surface area contributed by atoms with Gasteiger partial charge in [-0.1, -0.05) is 0 Å². The number of nitrogens with two attached hydrogens (primary N) is 1. The molecule has 3 atom stereocenters. The number of alkyl halides is 1. The van der Waals surface area contributed by atoms with Gasteiger partial charge in [0.15, 0.2) is 20.4 Å². The molecule has 9 nitrogen and oxygen atoms in total. The molecule has 2 aliphatic heterocycles. The number of methoxy groups -OCH3 is 1. The van der Waals surface area contributed by atoms with E-state index in [-0.39, 0.29) is 24.2 Å². The summed E-state index contributed by atoms with van der Waals surface area (Å²) in [6.07, 6.45) is 3.02. The largest absolute Gasteiger partial charge is 0.495 e. The van der Waals surface area contributed by atoms with Gasteiger partial charge in [0.1, 0.15) is 41.5 Å². The Labute approximate surface area is 194 Å². The van der Waals surface area contributed by atoms with Crippen LogP contribution in [0.15, 0.2) is 41.8 Å². The lowest BCUT2D eigenvalue weighted by molar-refractivity contribution is 0.413. The molecule has 0 aliphatic carbocycles. The maximum atomic E-state index is 15.1. The second-order valence-corrected chi connectivity index (χ2v) is 11.1. The van der Waals surface area contributed by atoms with Crippen LogP contribution in [0.4, 0.5) is 20.3 Å². The van der Waals surface area contributed by atoms with Gasteiger partial charge in [0, 0.05) is 17.3 Å². The van der Waals surface area contributed by atoms with Crippen LogP contribution in [-0.2, 0) is 15.4 Å². The number of pyridine rings is 1. The molecule has 0 spiro atoms. The van der Waals surface area contributed by atoms with Crippen LogP contribution in [0.3, 0.4) is 0 Å². The Balaban J connectivity index is 1.59. The molecule has 3 aromatic rings. The summed E-state index contributed by atoms with van der Waals surface area (Å²) in [4.78, 5) is 17.1. The molecular formula is C22H22F2N6O3S. The maximum absolute atomic E-state index is 15.1. The van der Waals surface area contributed by atoms with Gasteiger partial charge in [-0.3, -0.25) is 4.99 Å². The Kier molecular flexibility index (Phi) is 4.97. The minimum atomic E-state index is -4.03. The Morgan fingerprint density at radius 2 is 2.06 bits per heavy atom. The van der Waals surface area contributed by atoms with Gasteiger partial charge in [-0.05, 0) is 38.0 Å². The third-order valence-corrected chi connectivity index (χ3v) is 9.91. The van der Waals surface area contributed by atoms with Crippen molar-refractivity contribution in [1.82, 2.24) is 15.0 Å². The van der Waals surface area contributed by atoms with E-state index in [4.69, 9.17) is 10.5 Å². The molecule has 2 aromatic heterocycles. The van der Waals surface area contributed by atoms with Crippen molar-refractivity contribution >= 4 is 38.2 Å². The van der Waals surface area contributed by atoms with Crippen molar-refractivity contribution in [1.29, 1.82) is 0 Å². The average molecular weight is 489 g/mol. The summed E-state index contributed by atoms with van der Waals surface area (Å²) in [5, 5.41) is 2.00. The van der Waals surface area contributed by atoms with E-state index < -0.39 is 37.9 Å². The highest BCUT2D eigenvalue weighted by Gasteiger charge is 2.65. The van der Waals surface area contributed by atoms with Crippen LogP contribution in [0.1, 0.15) is 25.3 Å². The summed E-state index contributed by atoms with van der Waals surface area (Å²) in [7, 11) is -2.51. The number of benzene rings is 1. The van der Waals surface area contributed by atoms with E-state index in [2.05, 4.69) is 25.3 Å². The van der Waals surface area contributed by atoms with E-state index >= 15 is 4.39 Å². The van der Waals surface area contributed by atoms with Gasteiger partial charge in [0.25, 0.3) is 0 Å². The van der Waals surface area contributed by atoms with Crippen LogP contribution in [-0.4, -0.2) is 53.0 Å². The number of nitrogens with zero attached hydrogens (tertiary/aromatic N) is 4. The number of sulfone groups is 1. The van der Waals surface area contributed by atoms with Gasteiger partial charge in [-0.2, -0.15) is 0 Å². The van der Waals surface area contributed by atoms with Crippen LogP contribution < -0.4 is 15.8 Å². The van der Waals surface area contributed by atoms with Gasteiger partial charge < -0.3 is 15.8 Å². The monoisotopic (exact) mass is 488 g/mol. The Hall–Kier alpha value is -3.41. The highest BCUT2D eigenvalue weighted by atomic mass is 32.2. The topological polar surface area (TPSA) is 132 Å². The molecule has 5 rings (SSSR count). The molecule has 3 N–H and O–H groups in total. The number of aliphatic imine (C=N–C) groups is 1. The summed E-state index contributed by atoms with van der Waals surface area (Å²) in [5.74, 6) is -0.0604. The number of anilines is 2. The quantitative estimate of drug-likeness (QED) is 0.560. The van der Waals surface area contributed by atoms with Crippen molar-refractivity contribution in [2.75, 3.05) is 19.1 Å². The van der Waals surface area contributed by atoms with E-state index in [1.807, 2.05) is 0 Å². The summed E-state index contributed by atoms with van der Waals surface area (Å²) in [5.41, 5.74) is 5.96. The predicted molar refractivity (Wildman–Crippen MR) is 123 cm³/mol. The van der Waals surface area contributed by atoms with Gasteiger partial charge in [-0.25, -0.2) is 32.2 Å². The maximum Gasteiger partial charge on any atom is 0.171 e. The Bertz CT molecular complexity index is 1450. The van der Waals surface area contributed by atoms with Gasteiger partial charge in [0.05, 0.1) is 24.1 Å². The van der Waals surface area contributed by atoms with Crippen LogP contribution in [0.25, 0.3) is 11.0 Å². The number of hydrogen-bond acceptors (Lipinski definition) is 9. The van der Waals surface area contributed by atoms with Crippen molar-refractivity contribution in [3.05, 3.63) is 48.2 Å². The molecule has 1 unspecified atom stereocenters. The van der Waals surface area contributed by atoms with Gasteiger partial charge >= 0.3 is 0 Å². The first kappa shape index (κ1) is 22.4. The molecular weight excluding hydrogens is 466 g/mol. The highest BCUT2D eigenvalue weighted by molar-refractivity contribution is 7.94. The summed E-state index contributed by atoms with van der Waals surface area (Å²) < 4.78 is 58.8. The molecule has 1 aromatic carbocycles. The molecule has 0 radical (unpaired) electrons. The normalized spacial score (nSPS) is 27.4. The third-order valence-electron chi connectivity index (χ3n) is 6.85. The number of amidine groups is 1. The smallest absolute Gasteiger partial charge is 0.171 e. The minimum absolute atomic E-state index is 0.0169. The van der Waals surface area contributed by atoms with E-state index in [9.17, 15) is 12.8 Å². The van der Waals surface area contributed by atoms with E-state index in [0.29, 0.717) is 28.3 Å². The van der Waals surface area contributed by atoms with Crippen LogP contribution in [0.5, 0.6) is 5.75 Å². The molecule has 178 valence electrons. The number of fused-ring (bicyclic) bond motifs is 3. The van der Waals surface area contributed by atoms with Crippen molar-refractivity contribution in [3.63, 3.8) is 0 Å². The van der Waals surface area contributed by atoms with Crippen molar-refractivity contribution < 1.29 is 21.9 Å². The van der Waals surface area contributed by atoms with E-state index in [0.717, 1.165) is 0 Å². The number of nitrogens with one attached hydrogen (secondary N) is 1. The number of halogens is 2. The fraction of sp³-hybridized carbons (Fsp3) is 0.364. The minimum Gasteiger partial charge on any atom is -0.495 e. The molecule has 12 heteroatoms. The third kappa shape index (κ3) is 2.97. The second kappa shape index (κ2) is 7.55. The number of rotatable bonds is 5. The molecule has 1 fully saturated rings. The lowest BCUT2D eigenvalue weighted by Gasteiger charge is -2.39. The van der Waals surface area contributed by atoms with Gasteiger partial charge in [-0.15, -0.1) is 0 Å². The predicted octanol–water partition coefficient (Wildman–Crippen LogP) is 2.79. The summed E-state index contributed by atoms with van der Waals surface area (Å²) in [6, 6.07) is 5.88. The molecule has 2 bridgehead atoms. The first-order valence-corrected chi connectivity index (χ1v) is 12.1. The van der Waals surface area contributed by atoms with E-state index in [1.165, 1.54) is 44.8 Å². The highest BCUT2D eigenvalue weighted by Crippen LogP contribution is 2.52. The molecule has 4 heterocycles. The molecule has 1 saturated heterocycles. The number of aromatic nitrogens is 3. The molecule has 34 heavy (non-hydrogen) atoms. The van der Waals surface area contributed by atoms with Crippen molar-refractivity contribution in [3.8, 4) is 5.75 Å². The fourth-order valence-electron chi connectivity index (χ4n) is 4.92. The number of hydrogen-bond donors (Lipinski definition) is 2. The number of ether oxygens (including phenoxy) is 1. The van der Waals surface area contributed by atoms with Crippen molar-refractivity contribution in [2.45, 2.75) is 35.3 Å².